The maximum Gasteiger partial charge on any atom is 0.310 e. The summed E-state index contributed by atoms with van der Waals surface area (Å²) >= 11 is 0. The summed E-state index contributed by atoms with van der Waals surface area (Å²) in [5.41, 5.74) is 2.48. The van der Waals surface area contributed by atoms with E-state index >= 15 is 0 Å². The highest BCUT2D eigenvalue weighted by atomic mass is 16.5. The first-order valence-corrected chi connectivity index (χ1v) is 11.7. The molecule has 0 heterocycles. The van der Waals surface area contributed by atoms with Crippen LogP contribution in [-0.4, -0.2) is 5.97 Å². The van der Waals surface area contributed by atoms with Crippen LogP contribution in [0.3, 0.4) is 0 Å². The van der Waals surface area contributed by atoms with Gasteiger partial charge in [0.25, 0.3) is 0 Å². The molecule has 4 rings (SSSR count). The lowest BCUT2D eigenvalue weighted by Crippen LogP contribution is -2.41. The molecule has 0 spiro atoms. The molecule has 4 nitrogen and oxygen atoms in total. The van der Waals surface area contributed by atoms with Gasteiger partial charge in [-0.1, -0.05) is 39.2 Å². The number of nitriles is 2. The lowest BCUT2D eigenvalue weighted by Gasteiger charge is -2.54. The third-order valence-electron chi connectivity index (χ3n) is 7.78. The van der Waals surface area contributed by atoms with Crippen LogP contribution in [-0.2, 0) is 11.2 Å². The number of fused-ring (bicyclic) bond motifs is 3. The minimum Gasteiger partial charge on any atom is -0.425 e. The van der Waals surface area contributed by atoms with E-state index in [1.807, 2.05) is 6.07 Å². The number of carbonyl (C=O) groups excluding carboxylic acids is 1. The summed E-state index contributed by atoms with van der Waals surface area (Å²) in [5, 5.41) is 19.3. The van der Waals surface area contributed by atoms with E-state index < -0.39 is 5.97 Å². The Labute approximate surface area is 181 Å². The number of unbranched alkanes of at least 4 members (excludes halogenated alkanes) is 2. The molecule has 160 valence electrons. The fraction of sp³-hybridized carbons (Fsp3) is 0.654. The van der Waals surface area contributed by atoms with Crippen LogP contribution in [0.5, 0.6) is 5.75 Å². The van der Waals surface area contributed by atoms with E-state index in [0.29, 0.717) is 16.4 Å². The van der Waals surface area contributed by atoms with Crippen molar-refractivity contribution >= 4 is 5.97 Å². The van der Waals surface area contributed by atoms with Gasteiger partial charge < -0.3 is 4.74 Å². The number of hydrogen-bond acceptors (Lipinski definition) is 4. The van der Waals surface area contributed by atoms with E-state index in [1.54, 1.807) is 13.0 Å². The zero-order chi connectivity index (χ0) is 21.6. The van der Waals surface area contributed by atoms with Crippen molar-refractivity contribution in [1.82, 2.24) is 0 Å². The molecule has 3 aliphatic rings. The first-order valence-electron chi connectivity index (χ1n) is 11.7. The summed E-state index contributed by atoms with van der Waals surface area (Å²) in [7, 11) is 0. The topological polar surface area (TPSA) is 73.9 Å². The Morgan fingerprint density at radius 3 is 2.07 bits per heavy atom. The highest BCUT2D eigenvalue weighted by Crippen LogP contribution is 2.60. The Kier molecular flexibility index (Phi) is 7.19. The lowest BCUT2D eigenvalue weighted by molar-refractivity contribution is -0.134. The predicted molar refractivity (Wildman–Crippen MR) is 117 cm³/mol. The van der Waals surface area contributed by atoms with Crippen LogP contribution >= 0.6 is 0 Å². The number of benzene rings is 1. The van der Waals surface area contributed by atoms with Gasteiger partial charge in [0, 0.05) is 6.42 Å². The minimum atomic E-state index is -0.395. The van der Waals surface area contributed by atoms with Crippen LogP contribution in [0, 0.1) is 33.5 Å². The van der Waals surface area contributed by atoms with E-state index in [-0.39, 0.29) is 17.7 Å². The first kappa shape index (κ1) is 22.4. The van der Waals surface area contributed by atoms with Gasteiger partial charge in [0.1, 0.15) is 23.5 Å². The maximum atomic E-state index is 11.6. The molecule has 0 N–H and O–H groups in total. The monoisotopic (exact) mass is 406 g/mol. The van der Waals surface area contributed by atoms with Crippen LogP contribution < -0.4 is 4.74 Å². The van der Waals surface area contributed by atoms with Crippen molar-refractivity contribution < 1.29 is 9.53 Å². The zero-order valence-electron chi connectivity index (χ0n) is 18.6. The van der Waals surface area contributed by atoms with Crippen LogP contribution in [0.15, 0.2) is 12.1 Å². The minimum absolute atomic E-state index is 0.191. The highest BCUT2D eigenvalue weighted by molar-refractivity contribution is 5.73. The number of hydrogen-bond donors (Lipinski definition) is 0. The van der Waals surface area contributed by atoms with Gasteiger partial charge in [-0.05, 0) is 80.2 Å². The summed E-state index contributed by atoms with van der Waals surface area (Å²) in [5.74, 6) is -0.191. The van der Waals surface area contributed by atoms with E-state index in [4.69, 9.17) is 4.74 Å². The summed E-state index contributed by atoms with van der Waals surface area (Å²) < 4.78 is 5.26. The van der Waals surface area contributed by atoms with Gasteiger partial charge in [-0.3, -0.25) is 4.79 Å². The molecule has 0 aliphatic heterocycles. The standard InChI is InChI=1S/C26H34N2O2/c1-3-5-6-10-25-12-15-26(16-13-25,17-14-25)11-9-20-7-8-23(30-24(29)4-2)22(19-28)21(20)18-27/h7-8H,3-6,9-17H2,1-2H3. The third kappa shape index (κ3) is 4.70. The van der Waals surface area contributed by atoms with Crippen LogP contribution in [0.4, 0.5) is 0 Å². The third-order valence-corrected chi connectivity index (χ3v) is 7.78. The van der Waals surface area contributed by atoms with Crippen molar-refractivity contribution in [3.05, 3.63) is 28.8 Å². The SMILES string of the molecule is CCCCCC12CCC(CCc3ccc(OC(=O)CC)c(C#N)c3C#N)(CC1)CC2. The average molecular weight is 407 g/mol. The molecule has 3 fully saturated rings. The summed E-state index contributed by atoms with van der Waals surface area (Å²) in [4.78, 5) is 11.6. The Balaban J connectivity index is 1.68. The van der Waals surface area contributed by atoms with Crippen LogP contribution in [0.1, 0.15) is 108 Å². The molecule has 30 heavy (non-hydrogen) atoms. The van der Waals surface area contributed by atoms with Crippen molar-refractivity contribution in [3.8, 4) is 17.9 Å². The van der Waals surface area contributed by atoms with Crippen LogP contribution in [0.25, 0.3) is 0 Å². The molecule has 3 saturated carbocycles. The first-order chi connectivity index (χ1) is 14.5. The van der Waals surface area contributed by atoms with E-state index in [1.165, 1.54) is 64.2 Å². The molecular formula is C26H34N2O2. The van der Waals surface area contributed by atoms with Gasteiger partial charge in [-0.25, -0.2) is 0 Å². The number of carbonyl (C=O) groups is 1. The van der Waals surface area contributed by atoms with Crippen LogP contribution in [0.2, 0.25) is 0 Å². The zero-order valence-corrected chi connectivity index (χ0v) is 18.6. The average Bonchev–Trinajstić information content (AvgIpc) is 2.79. The van der Waals surface area contributed by atoms with E-state index in [0.717, 1.165) is 18.4 Å². The van der Waals surface area contributed by atoms with Crippen molar-refractivity contribution in [1.29, 1.82) is 10.5 Å². The largest absolute Gasteiger partial charge is 0.425 e. The number of aryl methyl sites for hydroxylation is 1. The van der Waals surface area contributed by atoms with Gasteiger partial charge in [0.05, 0.1) is 5.56 Å². The van der Waals surface area contributed by atoms with Crippen molar-refractivity contribution in [3.63, 3.8) is 0 Å². The molecule has 1 aromatic carbocycles. The molecule has 0 saturated heterocycles. The smallest absolute Gasteiger partial charge is 0.310 e. The molecule has 0 aromatic heterocycles. The van der Waals surface area contributed by atoms with Gasteiger partial charge >= 0.3 is 5.97 Å². The predicted octanol–water partition coefficient (Wildman–Crippen LogP) is 6.60. The number of rotatable bonds is 9. The molecule has 4 heteroatoms. The van der Waals surface area contributed by atoms with Gasteiger partial charge in [-0.15, -0.1) is 0 Å². The molecular weight excluding hydrogens is 372 g/mol. The fourth-order valence-corrected chi connectivity index (χ4v) is 5.59. The molecule has 1 aromatic rings. The Morgan fingerprint density at radius 2 is 1.53 bits per heavy atom. The molecule has 0 atom stereocenters. The molecule has 0 unspecified atom stereocenters. The normalized spacial score (nSPS) is 24.8. The quantitative estimate of drug-likeness (QED) is 0.263. The fourth-order valence-electron chi connectivity index (χ4n) is 5.59. The van der Waals surface area contributed by atoms with Crippen molar-refractivity contribution in [2.75, 3.05) is 0 Å². The van der Waals surface area contributed by atoms with Crippen molar-refractivity contribution in [2.45, 2.75) is 97.3 Å². The lowest BCUT2D eigenvalue weighted by atomic mass is 9.51. The van der Waals surface area contributed by atoms with Gasteiger partial charge in [0.15, 0.2) is 0 Å². The number of nitrogens with zero attached hydrogens (tertiary/aromatic N) is 2. The Morgan fingerprint density at radius 1 is 0.933 bits per heavy atom. The Bertz CT molecular complexity index is 834. The summed E-state index contributed by atoms with van der Waals surface area (Å²) in [6.07, 6.45) is 15.5. The van der Waals surface area contributed by atoms with Gasteiger partial charge in [-0.2, -0.15) is 10.5 Å². The summed E-state index contributed by atoms with van der Waals surface area (Å²) in [6, 6.07) is 7.83. The number of esters is 1. The van der Waals surface area contributed by atoms with E-state index in [2.05, 4.69) is 19.1 Å². The highest BCUT2D eigenvalue weighted by Gasteiger charge is 2.47. The Hall–Kier alpha value is -2.33. The molecule has 0 amide bonds. The molecule has 0 radical (unpaired) electrons. The summed E-state index contributed by atoms with van der Waals surface area (Å²) in [6.45, 7) is 3.98. The van der Waals surface area contributed by atoms with Crippen molar-refractivity contribution in [2.24, 2.45) is 10.8 Å². The van der Waals surface area contributed by atoms with Gasteiger partial charge in [0.2, 0.25) is 0 Å². The molecule has 3 aliphatic carbocycles. The van der Waals surface area contributed by atoms with E-state index in [9.17, 15) is 15.3 Å². The second-order valence-corrected chi connectivity index (χ2v) is 9.48. The molecule has 2 bridgehead atoms. The second-order valence-electron chi connectivity index (χ2n) is 9.48. The second kappa shape index (κ2) is 9.65. The number of ether oxygens (including phenoxy) is 1. The maximum absolute atomic E-state index is 11.6.